The van der Waals surface area contributed by atoms with Crippen LogP contribution in [0.1, 0.15) is 10.4 Å². The fourth-order valence-corrected chi connectivity index (χ4v) is 1.79. The van der Waals surface area contributed by atoms with Crippen LogP contribution in [0.3, 0.4) is 0 Å². The molecule has 0 bridgehead atoms. The Balaban J connectivity index is 2.61. The minimum atomic E-state index is -0.521. The van der Waals surface area contributed by atoms with Crippen molar-refractivity contribution < 1.29 is 14.5 Å². The predicted molar refractivity (Wildman–Crippen MR) is 69.9 cm³/mol. The number of nitro groups is 1. The highest BCUT2D eigenvalue weighted by Crippen LogP contribution is 2.30. The van der Waals surface area contributed by atoms with Crippen molar-refractivity contribution in [1.82, 2.24) is 0 Å². The first kappa shape index (κ1) is 12.8. The molecule has 0 unspecified atom stereocenters. The Bertz CT molecular complexity index is 623. The molecule has 0 fully saturated rings. The second-order valence-corrected chi connectivity index (χ2v) is 3.85. The lowest BCUT2D eigenvalue weighted by Crippen LogP contribution is -2.02. The van der Waals surface area contributed by atoms with E-state index in [-0.39, 0.29) is 11.3 Å². The van der Waals surface area contributed by atoms with Crippen LogP contribution in [0.5, 0.6) is 0 Å². The number of nitrogens with zero attached hydrogens (tertiary/aromatic N) is 1. The lowest BCUT2D eigenvalue weighted by Gasteiger charge is -2.05. The van der Waals surface area contributed by atoms with Crippen LogP contribution >= 0.6 is 0 Å². The van der Waals surface area contributed by atoms with Gasteiger partial charge in [0.1, 0.15) is 0 Å². The smallest absolute Gasteiger partial charge is 0.337 e. The molecule has 5 nitrogen and oxygen atoms in total. The summed E-state index contributed by atoms with van der Waals surface area (Å²) >= 11 is 0. The first-order valence-corrected chi connectivity index (χ1v) is 5.55. The second-order valence-electron chi connectivity index (χ2n) is 3.85. The molecule has 2 rings (SSSR count). The average molecular weight is 257 g/mol. The molecular formula is C14H11NO4. The third-order valence-corrected chi connectivity index (χ3v) is 2.70. The molecule has 0 N–H and O–H groups in total. The quantitative estimate of drug-likeness (QED) is 0.481. The van der Waals surface area contributed by atoms with Gasteiger partial charge in [0.2, 0.25) is 0 Å². The minimum absolute atomic E-state index is 0.0427. The highest BCUT2D eigenvalue weighted by Gasteiger charge is 2.18. The number of carbonyl (C=O) groups excluding carboxylic acids is 1. The highest BCUT2D eigenvalue weighted by atomic mass is 16.6. The highest BCUT2D eigenvalue weighted by molar-refractivity contribution is 5.92. The van der Waals surface area contributed by atoms with Gasteiger partial charge in [0.25, 0.3) is 5.69 Å². The Morgan fingerprint density at radius 3 is 2.42 bits per heavy atom. The molecule has 0 saturated carbocycles. The van der Waals surface area contributed by atoms with Crippen LogP contribution in [0.2, 0.25) is 0 Å². The Hall–Kier alpha value is -2.69. The molecule has 96 valence electrons. The topological polar surface area (TPSA) is 69.4 Å². The Labute approximate surface area is 109 Å². The van der Waals surface area contributed by atoms with Gasteiger partial charge in [-0.25, -0.2) is 4.79 Å². The molecule has 0 saturated heterocycles. The van der Waals surface area contributed by atoms with Crippen molar-refractivity contribution >= 4 is 11.7 Å². The number of carbonyl (C=O) groups is 1. The van der Waals surface area contributed by atoms with E-state index in [9.17, 15) is 14.9 Å². The van der Waals surface area contributed by atoms with Crippen LogP contribution in [0.25, 0.3) is 11.1 Å². The maximum atomic E-state index is 11.5. The number of hydrogen-bond acceptors (Lipinski definition) is 4. The summed E-state index contributed by atoms with van der Waals surface area (Å²) in [5.74, 6) is -0.521. The average Bonchev–Trinajstić information content (AvgIpc) is 2.46. The Morgan fingerprint density at radius 1 is 1.16 bits per heavy atom. The van der Waals surface area contributed by atoms with Gasteiger partial charge in [-0.3, -0.25) is 10.1 Å². The van der Waals surface area contributed by atoms with E-state index >= 15 is 0 Å². The van der Waals surface area contributed by atoms with Crippen LogP contribution in [0.4, 0.5) is 5.69 Å². The molecule has 0 aromatic heterocycles. The lowest BCUT2D eigenvalue weighted by atomic mass is 10.0. The fraction of sp³-hybridized carbons (Fsp3) is 0.0714. The maximum absolute atomic E-state index is 11.5. The lowest BCUT2D eigenvalue weighted by molar-refractivity contribution is -0.384. The van der Waals surface area contributed by atoms with Gasteiger partial charge in [0.15, 0.2) is 0 Å². The summed E-state index contributed by atoms with van der Waals surface area (Å²) in [5.41, 5.74) is 1.32. The zero-order valence-corrected chi connectivity index (χ0v) is 10.2. The van der Waals surface area contributed by atoms with Crippen molar-refractivity contribution in [3.63, 3.8) is 0 Å². The van der Waals surface area contributed by atoms with Gasteiger partial charge < -0.3 is 4.74 Å². The van der Waals surface area contributed by atoms with Crippen molar-refractivity contribution in [3.8, 4) is 11.1 Å². The van der Waals surface area contributed by atoms with Crippen LogP contribution in [-0.2, 0) is 4.74 Å². The minimum Gasteiger partial charge on any atom is -0.465 e. The van der Waals surface area contributed by atoms with E-state index in [4.69, 9.17) is 0 Å². The maximum Gasteiger partial charge on any atom is 0.337 e. The van der Waals surface area contributed by atoms with Crippen LogP contribution in [0.15, 0.2) is 48.5 Å². The molecule has 0 aliphatic carbocycles. The van der Waals surface area contributed by atoms with E-state index in [1.54, 1.807) is 24.3 Å². The fourth-order valence-electron chi connectivity index (χ4n) is 1.79. The molecule has 2 aromatic carbocycles. The zero-order chi connectivity index (χ0) is 13.8. The van der Waals surface area contributed by atoms with E-state index in [0.717, 1.165) is 0 Å². The van der Waals surface area contributed by atoms with Gasteiger partial charge in [0, 0.05) is 6.07 Å². The number of rotatable bonds is 3. The zero-order valence-electron chi connectivity index (χ0n) is 10.2. The van der Waals surface area contributed by atoms with E-state index in [1.807, 2.05) is 6.07 Å². The Kier molecular flexibility index (Phi) is 3.56. The molecule has 0 radical (unpaired) electrons. The van der Waals surface area contributed by atoms with Gasteiger partial charge in [-0.05, 0) is 17.7 Å². The van der Waals surface area contributed by atoms with Gasteiger partial charge in [-0.15, -0.1) is 0 Å². The summed E-state index contributed by atoms with van der Waals surface area (Å²) in [7, 11) is 1.27. The van der Waals surface area contributed by atoms with Crippen LogP contribution in [0, 0.1) is 10.1 Å². The van der Waals surface area contributed by atoms with E-state index in [0.29, 0.717) is 11.1 Å². The molecule has 0 aliphatic heterocycles. The monoisotopic (exact) mass is 257 g/mol. The molecule has 19 heavy (non-hydrogen) atoms. The SMILES string of the molecule is COC(=O)c1ccc([N+](=O)[O-])c(-c2ccccc2)c1. The van der Waals surface area contributed by atoms with Crippen molar-refractivity contribution in [2.45, 2.75) is 0 Å². The van der Waals surface area contributed by atoms with Gasteiger partial charge >= 0.3 is 5.97 Å². The molecule has 0 heterocycles. The largest absolute Gasteiger partial charge is 0.465 e. The molecule has 0 spiro atoms. The molecular weight excluding hydrogens is 246 g/mol. The van der Waals surface area contributed by atoms with Gasteiger partial charge in [-0.1, -0.05) is 30.3 Å². The standard InChI is InChI=1S/C14H11NO4/c1-19-14(16)11-7-8-13(15(17)18)12(9-11)10-5-3-2-4-6-10/h2-9H,1H3. The molecule has 0 amide bonds. The number of esters is 1. The number of nitro benzene ring substituents is 1. The summed E-state index contributed by atoms with van der Waals surface area (Å²) in [6, 6.07) is 13.1. The number of ether oxygens (including phenoxy) is 1. The molecule has 0 aliphatic rings. The molecule has 2 aromatic rings. The van der Waals surface area contributed by atoms with Gasteiger partial charge in [0.05, 0.1) is 23.2 Å². The molecule has 0 atom stereocenters. The third kappa shape index (κ3) is 2.60. The number of benzene rings is 2. The predicted octanol–water partition coefficient (Wildman–Crippen LogP) is 3.05. The second kappa shape index (κ2) is 5.30. The van der Waals surface area contributed by atoms with E-state index < -0.39 is 10.9 Å². The summed E-state index contributed by atoms with van der Waals surface area (Å²) in [4.78, 5) is 22.1. The summed E-state index contributed by atoms with van der Waals surface area (Å²) < 4.78 is 4.62. The van der Waals surface area contributed by atoms with Crippen molar-refractivity contribution in [2.75, 3.05) is 7.11 Å². The number of hydrogen-bond donors (Lipinski definition) is 0. The molecule has 5 heteroatoms. The van der Waals surface area contributed by atoms with Gasteiger partial charge in [-0.2, -0.15) is 0 Å². The number of methoxy groups -OCH3 is 1. The van der Waals surface area contributed by atoms with E-state index in [2.05, 4.69) is 4.74 Å². The van der Waals surface area contributed by atoms with Crippen molar-refractivity contribution in [3.05, 3.63) is 64.2 Å². The summed E-state index contributed by atoms with van der Waals surface area (Å²) in [6.07, 6.45) is 0. The Morgan fingerprint density at radius 2 is 1.84 bits per heavy atom. The normalized spacial score (nSPS) is 9.95. The summed E-state index contributed by atoms with van der Waals surface area (Å²) in [6.45, 7) is 0. The van der Waals surface area contributed by atoms with Crippen molar-refractivity contribution in [2.24, 2.45) is 0 Å². The van der Waals surface area contributed by atoms with E-state index in [1.165, 1.54) is 25.3 Å². The van der Waals surface area contributed by atoms with Crippen LogP contribution < -0.4 is 0 Å². The summed E-state index contributed by atoms with van der Waals surface area (Å²) in [5, 5.41) is 11.0. The third-order valence-electron chi connectivity index (χ3n) is 2.70. The van der Waals surface area contributed by atoms with Crippen molar-refractivity contribution in [1.29, 1.82) is 0 Å². The first-order chi connectivity index (χ1) is 9.13. The first-order valence-electron chi connectivity index (χ1n) is 5.55. The van der Waals surface area contributed by atoms with Crippen LogP contribution in [-0.4, -0.2) is 18.0 Å².